The van der Waals surface area contributed by atoms with Crippen LogP contribution in [-0.2, 0) is 6.54 Å². The number of aliphatic imine (C=N–C) groups is 1. The molecule has 1 aliphatic carbocycles. The van der Waals surface area contributed by atoms with Gasteiger partial charge in [0.1, 0.15) is 5.01 Å². The van der Waals surface area contributed by atoms with E-state index in [1.165, 1.54) is 17.7 Å². The van der Waals surface area contributed by atoms with Crippen LogP contribution in [0.25, 0.3) is 11.3 Å². The monoisotopic (exact) mass is 334 g/mol. The first-order valence-electron chi connectivity index (χ1n) is 7.29. The van der Waals surface area contributed by atoms with E-state index in [1.54, 1.807) is 11.3 Å². The van der Waals surface area contributed by atoms with Gasteiger partial charge in [0, 0.05) is 28.6 Å². The van der Waals surface area contributed by atoms with E-state index >= 15 is 0 Å². The second-order valence-electron chi connectivity index (χ2n) is 5.54. The zero-order chi connectivity index (χ0) is 15.7. The quantitative estimate of drug-likeness (QED) is 0.685. The van der Waals surface area contributed by atoms with E-state index in [-0.39, 0.29) is 0 Å². The van der Waals surface area contributed by atoms with Gasteiger partial charge >= 0.3 is 0 Å². The first-order chi connectivity index (χ1) is 10.5. The molecule has 1 saturated carbocycles. The molecule has 0 radical (unpaired) electrons. The summed E-state index contributed by atoms with van der Waals surface area (Å²) in [5.41, 5.74) is 8.10. The third-order valence-corrected chi connectivity index (χ3v) is 5.00. The van der Waals surface area contributed by atoms with Gasteiger partial charge in [-0.15, -0.1) is 11.3 Å². The van der Waals surface area contributed by atoms with Crippen LogP contribution in [0.4, 0.5) is 0 Å². The molecule has 1 fully saturated rings. The maximum atomic E-state index is 6.02. The molecular formula is C16H19ClN4S. The maximum absolute atomic E-state index is 6.02. The van der Waals surface area contributed by atoms with Crippen LogP contribution in [0.2, 0.25) is 5.02 Å². The minimum atomic E-state index is 0.530. The summed E-state index contributed by atoms with van der Waals surface area (Å²) in [6, 6.07) is 8.33. The van der Waals surface area contributed by atoms with E-state index in [4.69, 9.17) is 22.3 Å². The summed E-state index contributed by atoms with van der Waals surface area (Å²) in [6.07, 6.45) is 2.42. The Morgan fingerprint density at radius 1 is 1.41 bits per heavy atom. The molecule has 0 atom stereocenters. The van der Waals surface area contributed by atoms with Gasteiger partial charge in [-0.1, -0.05) is 23.7 Å². The fraction of sp³-hybridized carbons (Fsp3) is 0.375. The van der Waals surface area contributed by atoms with Crippen molar-refractivity contribution in [1.82, 2.24) is 9.88 Å². The van der Waals surface area contributed by atoms with E-state index in [1.807, 2.05) is 31.3 Å². The van der Waals surface area contributed by atoms with E-state index < -0.39 is 0 Å². The minimum absolute atomic E-state index is 0.530. The summed E-state index contributed by atoms with van der Waals surface area (Å²) >= 11 is 7.60. The van der Waals surface area contributed by atoms with Gasteiger partial charge in [0.15, 0.2) is 5.96 Å². The molecule has 1 aromatic carbocycles. The number of hydrogen-bond donors (Lipinski definition) is 1. The molecule has 1 aromatic heterocycles. The van der Waals surface area contributed by atoms with Crippen LogP contribution in [0, 0.1) is 6.92 Å². The van der Waals surface area contributed by atoms with Crippen molar-refractivity contribution in [2.75, 3.05) is 7.05 Å². The lowest BCUT2D eigenvalue weighted by atomic mass is 10.1. The Bertz CT molecular complexity index is 689. The standard InChI is InChI=1S/C16H19ClN4S/c1-10-15(11-3-5-12(17)6-4-11)20-14(22-10)9-19-16(18)21(2)13-7-8-13/h3-6,13H,7-9H2,1-2H3,(H2,18,19). The molecule has 0 unspecified atom stereocenters. The molecule has 1 heterocycles. The fourth-order valence-electron chi connectivity index (χ4n) is 2.30. The number of nitrogens with zero attached hydrogens (tertiary/aromatic N) is 3. The highest BCUT2D eigenvalue weighted by Gasteiger charge is 2.27. The van der Waals surface area contributed by atoms with E-state index in [9.17, 15) is 0 Å². The van der Waals surface area contributed by atoms with Gasteiger partial charge in [0.25, 0.3) is 0 Å². The number of halogens is 1. The summed E-state index contributed by atoms with van der Waals surface area (Å²) in [5.74, 6) is 0.600. The molecule has 0 spiro atoms. The third-order valence-electron chi connectivity index (χ3n) is 3.79. The first kappa shape index (κ1) is 15.3. The van der Waals surface area contributed by atoms with Crippen LogP contribution in [0.15, 0.2) is 29.3 Å². The highest BCUT2D eigenvalue weighted by molar-refractivity contribution is 7.12. The molecule has 0 saturated heterocycles. The number of rotatable bonds is 4. The van der Waals surface area contributed by atoms with Crippen molar-refractivity contribution in [2.45, 2.75) is 32.4 Å². The van der Waals surface area contributed by atoms with Gasteiger partial charge in [-0.25, -0.2) is 9.98 Å². The Morgan fingerprint density at radius 3 is 2.73 bits per heavy atom. The lowest BCUT2D eigenvalue weighted by Gasteiger charge is -2.16. The van der Waals surface area contributed by atoms with Gasteiger partial charge in [0.2, 0.25) is 0 Å². The maximum Gasteiger partial charge on any atom is 0.191 e. The molecular weight excluding hydrogens is 316 g/mol. The molecule has 4 nitrogen and oxygen atoms in total. The number of aromatic nitrogens is 1. The van der Waals surface area contributed by atoms with Crippen molar-refractivity contribution in [3.8, 4) is 11.3 Å². The summed E-state index contributed by atoms with van der Waals surface area (Å²) in [6.45, 7) is 2.61. The third kappa shape index (κ3) is 3.42. The molecule has 3 rings (SSSR count). The Morgan fingerprint density at radius 2 is 2.09 bits per heavy atom. The highest BCUT2D eigenvalue weighted by atomic mass is 35.5. The molecule has 0 bridgehead atoms. The average molecular weight is 335 g/mol. The van der Waals surface area contributed by atoms with Gasteiger partial charge in [-0.05, 0) is 31.9 Å². The molecule has 0 amide bonds. The zero-order valence-electron chi connectivity index (χ0n) is 12.7. The van der Waals surface area contributed by atoms with Crippen LogP contribution in [0.5, 0.6) is 0 Å². The second-order valence-corrected chi connectivity index (χ2v) is 7.26. The fourth-order valence-corrected chi connectivity index (χ4v) is 3.31. The van der Waals surface area contributed by atoms with Gasteiger partial charge in [0.05, 0.1) is 12.2 Å². The van der Waals surface area contributed by atoms with E-state index in [0.717, 1.165) is 21.3 Å². The molecule has 6 heteroatoms. The average Bonchev–Trinajstić information content (AvgIpc) is 3.29. The van der Waals surface area contributed by atoms with E-state index in [2.05, 4.69) is 16.8 Å². The van der Waals surface area contributed by atoms with Crippen molar-refractivity contribution in [3.63, 3.8) is 0 Å². The van der Waals surface area contributed by atoms with Crippen LogP contribution in [-0.4, -0.2) is 28.9 Å². The number of nitrogens with two attached hydrogens (primary N) is 1. The largest absolute Gasteiger partial charge is 0.370 e. The Labute approximate surface area is 139 Å². The van der Waals surface area contributed by atoms with Crippen molar-refractivity contribution >= 4 is 28.9 Å². The van der Waals surface area contributed by atoms with Crippen LogP contribution < -0.4 is 5.73 Å². The van der Waals surface area contributed by atoms with Gasteiger partial charge < -0.3 is 10.6 Å². The summed E-state index contributed by atoms with van der Waals surface area (Å²) < 4.78 is 0. The molecule has 1 aliphatic rings. The normalized spacial score (nSPS) is 15.1. The van der Waals surface area contributed by atoms with Crippen LogP contribution >= 0.6 is 22.9 Å². The second kappa shape index (κ2) is 6.26. The lowest BCUT2D eigenvalue weighted by Crippen LogP contribution is -2.35. The minimum Gasteiger partial charge on any atom is -0.370 e. The Kier molecular flexibility index (Phi) is 4.36. The predicted octanol–water partition coefficient (Wildman–Crippen LogP) is 3.68. The van der Waals surface area contributed by atoms with Gasteiger partial charge in [-0.2, -0.15) is 0 Å². The smallest absolute Gasteiger partial charge is 0.191 e. The Hall–Kier alpha value is -1.59. The van der Waals surface area contributed by atoms with Crippen molar-refractivity contribution in [1.29, 1.82) is 0 Å². The summed E-state index contributed by atoms with van der Waals surface area (Å²) in [7, 11) is 2.00. The molecule has 2 aromatic rings. The van der Waals surface area contributed by atoms with Crippen molar-refractivity contribution in [2.24, 2.45) is 10.7 Å². The zero-order valence-corrected chi connectivity index (χ0v) is 14.3. The highest BCUT2D eigenvalue weighted by Crippen LogP contribution is 2.29. The predicted molar refractivity (Wildman–Crippen MR) is 93.4 cm³/mol. The van der Waals surface area contributed by atoms with Crippen molar-refractivity contribution < 1.29 is 0 Å². The molecule has 22 heavy (non-hydrogen) atoms. The number of guanidine groups is 1. The van der Waals surface area contributed by atoms with Gasteiger partial charge in [-0.3, -0.25) is 0 Å². The number of thiazole rings is 1. The molecule has 0 aliphatic heterocycles. The summed E-state index contributed by atoms with van der Waals surface area (Å²) in [4.78, 5) is 12.4. The van der Waals surface area contributed by atoms with Crippen LogP contribution in [0.3, 0.4) is 0 Å². The Balaban J connectivity index is 1.74. The van der Waals surface area contributed by atoms with Crippen molar-refractivity contribution in [3.05, 3.63) is 39.2 Å². The lowest BCUT2D eigenvalue weighted by molar-refractivity contribution is 0.487. The van der Waals surface area contributed by atoms with E-state index in [0.29, 0.717) is 18.5 Å². The number of aryl methyl sites for hydroxylation is 1. The number of hydrogen-bond acceptors (Lipinski definition) is 3. The summed E-state index contributed by atoms with van der Waals surface area (Å²) in [5, 5.41) is 1.71. The van der Waals surface area contributed by atoms with Crippen LogP contribution in [0.1, 0.15) is 22.7 Å². The molecule has 116 valence electrons. The topological polar surface area (TPSA) is 54.5 Å². The number of benzene rings is 1. The molecule has 2 N–H and O–H groups in total. The SMILES string of the molecule is Cc1sc(CN=C(N)N(C)C2CC2)nc1-c1ccc(Cl)cc1. The first-order valence-corrected chi connectivity index (χ1v) is 8.49.